The molecule has 2 aromatic rings. The Morgan fingerprint density at radius 1 is 1.23 bits per heavy atom. The number of nitrogens with zero attached hydrogens (tertiary/aromatic N) is 1. The number of alkyl carbamates (subject to hydrolysis) is 1. The number of methoxy groups -OCH3 is 1. The van der Waals surface area contributed by atoms with Gasteiger partial charge in [0.2, 0.25) is 0 Å². The van der Waals surface area contributed by atoms with Crippen molar-refractivity contribution in [3.63, 3.8) is 0 Å². The van der Waals surface area contributed by atoms with E-state index in [1.165, 1.54) is 13.3 Å². The number of amides is 1. The van der Waals surface area contributed by atoms with Crippen molar-refractivity contribution in [3.05, 3.63) is 53.7 Å². The van der Waals surface area contributed by atoms with Crippen LogP contribution in [-0.2, 0) is 20.9 Å². The minimum Gasteiger partial charge on any atom is -0.495 e. The van der Waals surface area contributed by atoms with Gasteiger partial charge in [-0.25, -0.2) is 14.6 Å². The maximum atomic E-state index is 12.6. The van der Waals surface area contributed by atoms with Crippen molar-refractivity contribution < 1.29 is 23.8 Å². The van der Waals surface area contributed by atoms with Gasteiger partial charge < -0.3 is 25.3 Å². The van der Waals surface area contributed by atoms with Gasteiger partial charge in [0, 0.05) is 18.7 Å². The summed E-state index contributed by atoms with van der Waals surface area (Å²) in [6, 6.07) is 9.77. The monoisotopic (exact) mass is 425 g/mol. The second-order valence-corrected chi connectivity index (χ2v) is 7.61. The first-order chi connectivity index (χ1) is 14.7. The summed E-state index contributed by atoms with van der Waals surface area (Å²) in [4.78, 5) is 28.8. The molecule has 0 aliphatic heterocycles. The molecule has 1 aromatic carbocycles. The number of carbonyl (C=O) groups excluding carboxylic acids is 2. The fourth-order valence-electron chi connectivity index (χ4n) is 2.44. The molecule has 3 N–H and O–H groups in total. The maximum absolute atomic E-state index is 12.6. The Balaban J connectivity index is 2.11. The highest BCUT2D eigenvalue weighted by Crippen LogP contribution is 2.18. The first-order valence-corrected chi connectivity index (χ1v) is 9.66. The molecule has 1 unspecified atom stereocenters. The summed E-state index contributed by atoms with van der Waals surface area (Å²) in [6.45, 7) is 5.27. The van der Waals surface area contributed by atoms with Gasteiger partial charge in [0.1, 0.15) is 29.8 Å². The molecule has 1 heterocycles. The molecule has 1 atom stereocenters. The molecule has 1 aromatic heterocycles. The zero-order valence-electron chi connectivity index (χ0n) is 18.1. The van der Waals surface area contributed by atoms with Crippen molar-refractivity contribution in [3.8, 4) is 17.6 Å². The zero-order valence-corrected chi connectivity index (χ0v) is 18.1. The molecule has 31 heavy (non-hydrogen) atoms. The average molecular weight is 425 g/mol. The van der Waals surface area contributed by atoms with Gasteiger partial charge in [0.25, 0.3) is 0 Å². The lowest BCUT2D eigenvalue weighted by Gasteiger charge is -2.22. The summed E-state index contributed by atoms with van der Waals surface area (Å²) >= 11 is 0. The SMILES string of the molecule is COc1cc(N)ncc1C#CCC(NC(=O)OC(C)(C)C)C(=O)OCc1ccccc1. The van der Waals surface area contributed by atoms with Gasteiger partial charge in [0.15, 0.2) is 0 Å². The molecular formula is C23H27N3O5. The minimum atomic E-state index is -1.02. The number of nitrogens with two attached hydrogens (primary N) is 1. The molecule has 164 valence electrons. The summed E-state index contributed by atoms with van der Waals surface area (Å²) in [5.41, 5.74) is 6.27. The zero-order chi connectivity index (χ0) is 22.9. The van der Waals surface area contributed by atoms with Crippen molar-refractivity contribution in [1.29, 1.82) is 0 Å². The highest BCUT2D eigenvalue weighted by molar-refractivity contribution is 5.81. The molecular weight excluding hydrogens is 398 g/mol. The van der Waals surface area contributed by atoms with E-state index < -0.39 is 23.7 Å². The van der Waals surface area contributed by atoms with E-state index in [9.17, 15) is 9.59 Å². The van der Waals surface area contributed by atoms with Gasteiger partial charge in [-0.15, -0.1) is 0 Å². The number of benzene rings is 1. The lowest BCUT2D eigenvalue weighted by molar-refractivity contribution is -0.147. The molecule has 0 aliphatic rings. The highest BCUT2D eigenvalue weighted by atomic mass is 16.6. The van der Waals surface area contributed by atoms with Crippen molar-refractivity contribution in [1.82, 2.24) is 10.3 Å². The molecule has 8 nitrogen and oxygen atoms in total. The third-order valence-electron chi connectivity index (χ3n) is 3.84. The molecule has 0 radical (unpaired) electrons. The standard InChI is InChI=1S/C23H27N3O5/c1-23(2,3)31-22(28)26-18(21(27)30-15-16-9-6-5-7-10-16)12-8-11-17-14-25-20(24)13-19(17)29-4/h5-7,9-10,13-14,18H,12,15H2,1-4H3,(H2,24,25)(H,26,28). The summed E-state index contributed by atoms with van der Waals surface area (Å²) in [6.07, 6.45) is 0.744. The fraction of sp³-hybridized carbons (Fsp3) is 0.348. The lowest BCUT2D eigenvalue weighted by atomic mass is 10.2. The first kappa shape index (κ1) is 23.5. The Hall–Kier alpha value is -3.73. The van der Waals surface area contributed by atoms with Crippen molar-refractivity contribution in [2.75, 3.05) is 12.8 Å². The van der Waals surface area contributed by atoms with Crippen LogP contribution in [0.25, 0.3) is 0 Å². The van der Waals surface area contributed by atoms with Crippen LogP contribution in [0.2, 0.25) is 0 Å². The van der Waals surface area contributed by atoms with E-state index in [4.69, 9.17) is 19.9 Å². The van der Waals surface area contributed by atoms with Crippen LogP contribution >= 0.6 is 0 Å². The maximum Gasteiger partial charge on any atom is 0.408 e. The van der Waals surface area contributed by atoms with Gasteiger partial charge >= 0.3 is 12.1 Å². The number of carbonyl (C=O) groups is 2. The van der Waals surface area contributed by atoms with Crippen molar-refractivity contribution in [2.45, 2.75) is 45.4 Å². The van der Waals surface area contributed by atoms with Crippen LogP contribution < -0.4 is 15.8 Å². The van der Waals surface area contributed by atoms with Gasteiger partial charge in [-0.3, -0.25) is 0 Å². The minimum absolute atomic E-state index is 0.000393. The molecule has 0 aliphatic carbocycles. The number of rotatable bonds is 6. The normalized spacial score (nSPS) is 11.5. The summed E-state index contributed by atoms with van der Waals surface area (Å²) < 4.78 is 15.8. The van der Waals surface area contributed by atoms with Gasteiger partial charge in [-0.1, -0.05) is 42.2 Å². The van der Waals surface area contributed by atoms with Crippen molar-refractivity contribution in [2.24, 2.45) is 0 Å². The molecule has 1 amide bonds. The predicted octanol–water partition coefficient (Wildman–Crippen LogP) is 3.05. The van der Waals surface area contributed by atoms with E-state index in [1.807, 2.05) is 30.3 Å². The van der Waals surface area contributed by atoms with Gasteiger partial charge in [-0.2, -0.15) is 0 Å². The number of nitrogens with one attached hydrogen (secondary N) is 1. The Labute approximate surface area is 182 Å². The Morgan fingerprint density at radius 2 is 1.94 bits per heavy atom. The van der Waals surface area contributed by atoms with E-state index in [2.05, 4.69) is 22.1 Å². The smallest absolute Gasteiger partial charge is 0.408 e. The number of ether oxygens (including phenoxy) is 3. The molecule has 0 spiro atoms. The summed E-state index contributed by atoms with van der Waals surface area (Å²) in [7, 11) is 1.49. The quantitative estimate of drug-likeness (QED) is 0.540. The van der Waals surface area contributed by atoms with Crippen molar-refractivity contribution >= 4 is 17.9 Å². The number of hydrogen-bond donors (Lipinski definition) is 2. The number of esters is 1. The number of aromatic nitrogens is 1. The van der Waals surface area contributed by atoms with Gasteiger partial charge in [-0.05, 0) is 26.3 Å². The molecule has 0 saturated carbocycles. The predicted molar refractivity (Wildman–Crippen MR) is 116 cm³/mol. The highest BCUT2D eigenvalue weighted by Gasteiger charge is 2.25. The second kappa shape index (κ2) is 10.9. The Morgan fingerprint density at radius 3 is 2.58 bits per heavy atom. The van der Waals surface area contributed by atoms with Crippen LogP contribution in [0, 0.1) is 11.8 Å². The molecule has 0 saturated heterocycles. The van der Waals surface area contributed by atoms with E-state index in [0.29, 0.717) is 17.1 Å². The number of anilines is 1. The summed E-state index contributed by atoms with van der Waals surface area (Å²) in [5.74, 6) is 5.88. The number of hydrogen-bond acceptors (Lipinski definition) is 7. The topological polar surface area (TPSA) is 113 Å². The fourth-order valence-corrected chi connectivity index (χ4v) is 2.44. The third-order valence-corrected chi connectivity index (χ3v) is 3.84. The van der Waals surface area contributed by atoms with Crippen LogP contribution in [0.4, 0.5) is 10.6 Å². The summed E-state index contributed by atoms with van der Waals surface area (Å²) in [5, 5.41) is 2.53. The average Bonchev–Trinajstić information content (AvgIpc) is 2.71. The van der Waals surface area contributed by atoms with Crippen LogP contribution in [0.1, 0.15) is 38.3 Å². The molecule has 0 bridgehead atoms. The molecule has 8 heteroatoms. The van der Waals surface area contributed by atoms with E-state index >= 15 is 0 Å². The third kappa shape index (κ3) is 8.26. The Bertz CT molecular complexity index is 959. The van der Waals surface area contributed by atoms with Crippen LogP contribution in [0.15, 0.2) is 42.6 Å². The largest absolute Gasteiger partial charge is 0.495 e. The lowest BCUT2D eigenvalue weighted by Crippen LogP contribution is -2.44. The van der Waals surface area contributed by atoms with Gasteiger partial charge in [0.05, 0.1) is 12.7 Å². The van der Waals surface area contributed by atoms with E-state index in [0.717, 1.165) is 5.56 Å². The number of pyridine rings is 1. The van der Waals surface area contributed by atoms with E-state index in [-0.39, 0.29) is 13.0 Å². The van der Waals surface area contributed by atoms with Crippen LogP contribution in [0.3, 0.4) is 0 Å². The Kier molecular flexibility index (Phi) is 8.26. The van der Waals surface area contributed by atoms with Crippen LogP contribution in [0.5, 0.6) is 5.75 Å². The number of nitrogen functional groups attached to an aromatic ring is 1. The second-order valence-electron chi connectivity index (χ2n) is 7.61. The molecule has 0 fully saturated rings. The van der Waals surface area contributed by atoms with E-state index in [1.54, 1.807) is 26.8 Å². The van der Waals surface area contributed by atoms with Crippen LogP contribution in [-0.4, -0.2) is 35.8 Å². The first-order valence-electron chi connectivity index (χ1n) is 9.66. The molecule has 2 rings (SSSR count).